The van der Waals surface area contributed by atoms with Gasteiger partial charge in [0, 0.05) is 12.8 Å². The average Bonchev–Trinajstić information content (AvgIpc) is 2.20. The van der Waals surface area contributed by atoms with Crippen LogP contribution in [0.1, 0.15) is 52.9 Å². The van der Waals surface area contributed by atoms with Gasteiger partial charge < -0.3 is 10.4 Å². The summed E-state index contributed by atoms with van der Waals surface area (Å²) in [6, 6.07) is -1.87. The van der Waals surface area contributed by atoms with E-state index in [9.17, 15) is 22.8 Å². The lowest BCUT2D eigenvalue weighted by atomic mass is 9.88. The van der Waals surface area contributed by atoms with Crippen LogP contribution in [0.4, 0.5) is 13.2 Å². The summed E-state index contributed by atoms with van der Waals surface area (Å²) in [5, 5.41) is 10.4. The fraction of sp³-hybridized carbons (Fsp3) is 0.846. The van der Waals surface area contributed by atoms with Crippen molar-refractivity contribution in [3.63, 3.8) is 0 Å². The monoisotopic (exact) mass is 297 g/mol. The molecular weight excluding hydrogens is 275 g/mol. The molecule has 20 heavy (non-hydrogen) atoms. The van der Waals surface area contributed by atoms with Crippen molar-refractivity contribution >= 4 is 11.9 Å². The van der Waals surface area contributed by atoms with Gasteiger partial charge in [-0.15, -0.1) is 0 Å². The molecule has 4 nitrogen and oxygen atoms in total. The lowest BCUT2D eigenvalue weighted by Crippen LogP contribution is -2.47. The minimum Gasteiger partial charge on any atom is -0.481 e. The van der Waals surface area contributed by atoms with Gasteiger partial charge in [-0.3, -0.25) is 9.59 Å². The van der Waals surface area contributed by atoms with Gasteiger partial charge in [-0.2, -0.15) is 13.2 Å². The highest BCUT2D eigenvalue weighted by Gasteiger charge is 2.42. The SMILES string of the molecule is CC(C)(C)CC(NC(=O)CCCCC(=O)O)C(F)(F)F. The lowest BCUT2D eigenvalue weighted by molar-refractivity contribution is -0.167. The molecule has 1 unspecified atom stereocenters. The zero-order valence-electron chi connectivity index (χ0n) is 12.0. The minimum atomic E-state index is -4.48. The van der Waals surface area contributed by atoms with Crippen LogP contribution >= 0.6 is 0 Å². The van der Waals surface area contributed by atoms with E-state index in [2.05, 4.69) is 0 Å². The van der Waals surface area contributed by atoms with E-state index < -0.39 is 29.5 Å². The molecule has 0 saturated heterocycles. The second-order valence-electron chi connectivity index (χ2n) is 6.03. The molecule has 0 bridgehead atoms. The number of aliphatic carboxylic acids is 1. The Labute approximate surface area is 116 Å². The number of carbonyl (C=O) groups is 2. The molecule has 0 aliphatic rings. The van der Waals surface area contributed by atoms with Crippen molar-refractivity contribution < 1.29 is 27.9 Å². The molecule has 0 spiro atoms. The van der Waals surface area contributed by atoms with E-state index in [4.69, 9.17) is 5.11 Å². The van der Waals surface area contributed by atoms with Gasteiger partial charge in [0.05, 0.1) is 0 Å². The second kappa shape index (κ2) is 7.50. The maximum absolute atomic E-state index is 12.8. The van der Waals surface area contributed by atoms with Crippen LogP contribution in [-0.4, -0.2) is 29.2 Å². The van der Waals surface area contributed by atoms with Crippen LogP contribution < -0.4 is 5.32 Å². The first-order chi connectivity index (χ1) is 8.92. The molecule has 0 saturated carbocycles. The number of hydrogen-bond donors (Lipinski definition) is 2. The summed E-state index contributed by atoms with van der Waals surface area (Å²) in [6.07, 6.45) is -4.32. The first-order valence-corrected chi connectivity index (χ1v) is 6.50. The van der Waals surface area contributed by atoms with Crippen molar-refractivity contribution in [3.05, 3.63) is 0 Å². The summed E-state index contributed by atoms with van der Waals surface area (Å²) in [7, 11) is 0. The summed E-state index contributed by atoms with van der Waals surface area (Å²) in [5.41, 5.74) is -0.559. The van der Waals surface area contributed by atoms with E-state index >= 15 is 0 Å². The smallest absolute Gasteiger partial charge is 0.408 e. The molecule has 1 amide bonds. The van der Waals surface area contributed by atoms with Gasteiger partial charge in [-0.1, -0.05) is 20.8 Å². The summed E-state index contributed by atoms with van der Waals surface area (Å²) >= 11 is 0. The summed E-state index contributed by atoms with van der Waals surface area (Å²) < 4.78 is 38.4. The Balaban J connectivity index is 4.30. The Kier molecular flexibility index (Phi) is 7.02. The van der Waals surface area contributed by atoms with Crippen molar-refractivity contribution in [2.75, 3.05) is 0 Å². The quantitative estimate of drug-likeness (QED) is 0.710. The van der Waals surface area contributed by atoms with Crippen molar-refractivity contribution in [2.45, 2.75) is 65.1 Å². The fourth-order valence-corrected chi connectivity index (χ4v) is 1.69. The molecule has 0 heterocycles. The molecule has 7 heteroatoms. The van der Waals surface area contributed by atoms with Gasteiger partial charge in [-0.05, 0) is 24.7 Å². The number of carbonyl (C=O) groups excluding carboxylic acids is 1. The molecule has 0 aromatic rings. The fourth-order valence-electron chi connectivity index (χ4n) is 1.69. The van der Waals surface area contributed by atoms with Crippen LogP contribution in [-0.2, 0) is 9.59 Å². The predicted molar refractivity (Wildman–Crippen MR) is 68.2 cm³/mol. The van der Waals surface area contributed by atoms with E-state index in [0.29, 0.717) is 0 Å². The molecule has 0 rings (SSSR count). The minimum absolute atomic E-state index is 0.0853. The first kappa shape index (κ1) is 18.7. The zero-order valence-corrected chi connectivity index (χ0v) is 12.0. The Morgan fingerprint density at radius 1 is 1.10 bits per heavy atom. The van der Waals surface area contributed by atoms with Gasteiger partial charge in [0.25, 0.3) is 0 Å². The number of nitrogens with one attached hydrogen (secondary N) is 1. The third kappa shape index (κ3) is 9.63. The highest BCUT2D eigenvalue weighted by Crippen LogP contribution is 2.30. The number of carboxylic acids is 1. The lowest BCUT2D eigenvalue weighted by Gasteiger charge is -2.28. The first-order valence-electron chi connectivity index (χ1n) is 6.50. The third-order valence-corrected chi connectivity index (χ3v) is 2.59. The number of halogens is 3. The molecule has 0 aliphatic carbocycles. The highest BCUT2D eigenvalue weighted by atomic mass is 19.4. The number of hydrogen-bond acceptors (Lipinski definition) is 2. The number of alkyl halides is 3. The van der Waals surface area contributed by atoms with Crippen LogP contribution in [0.25, 0.3) is 0 Å². The maximum atomic E-state index is 12.8. The molecule has 0 aromatic carbocycles. The van der Waals surface area contributed by atoms with Crippen LogP contribution in [0.2, 0.25) is 0 Å². The van der Waals surface area contributed by atoms with Gasteiger partial charge >= 0.3 is 12.1 Å². The molecule has 118 valence electrons. The maximum Gasteiger partial charge on any atom is 0.408 e. The van der Waals surface area contributed by atoms with Gasteiger partial charge in [0.1, 0.15) is 6.04 Å². The highest BCUT2D eigenvalue weighted by molar-refractivity contribution is 5.76. The van der Waals surface area contributed by atoms with E-state index in [-0.39, 0.29) is 32.1 Å². The van der Waals surface area contributed by atoms with E-state index in [1.54, 1.807) is 20.8 Å². The van der Waals surface area contributed by atoms with Crippen LogP contribution in [0.3, 0.4) is 0 Å². The van der Waals surface area contributed by atoms with E-state index in [1.807, 2.05) is 5.32 Å². The van der Waals surface area contributed by atoms with Crippen molar-refractivity contribution in [1.29, 1.82) is 0 Å². The summed E-state index contributed by atoms with van der Waals surface area (Å²) in [4.78, 5) is 21.7. The standard InChI is InChI=1S/C13H22F3NO3/c1-12(2,3)8-9(13(14,15)16)17-10(18)6-4-5-7-11(19)20/h9H,4-8H2,1-3H3,(H,17,18)(H,19,20). The Bertz CT molecular complexity index is 335. The molecule has 0 radical (unpaired) electrons. The zero-order chi connectivity index (χ0) is 16.0. The average molecular weight is 297 g/mol. The largest absolute Gasteiger partial charge is 0.481 e. The summed E-state index contributed by atoms with van der Waals surface area (Å²) in [6.45, 7) is 5.01. The Hall–Kier alpha value is -1.27. The molecule has 2 N–H and O–H groups in total. The van der Waals surface area contributed by atoms with Crippen LogP contribution in [0, 0.1) is 5.41 Å². The van der Waals surface area contributed by atoms with Gasteiger partial charge in [0.15, 0.2) is 0 Å². The van der Waals surface area contributed by atoms with E-state index in [1.165, 1.54) is 0 Å². The Morgan fingerprint density at radius 2 is 1.60 bits per heavy atom. The Morgan fingerprint density at radius 3 is 2.00 bits per heavy atom. The van der Waals surface area contributed by atoms with Crippen molar-refractivity contribution in [1.82, 2.24) is 5.32 Å². The van der Waals surface area contributed by atoms with Crippen LogP contribution in [0.15, 0.2) is 0 Å². The van der Waals surface area contributed by atoms with Gasteiger partial charge in [0.2, 0.25) is 5.91 Å². The molecule has 0 aromatic heterocycles. The molecular formula is C13H22F3NO3. The van der Waals surface area contributed by atoms with Crippen molar-refractivity contribution in [3.8, 4) is 0 Å². The molecule has 1 atom stereocenters. The number of unbranched alkanes of at least 4 members (excludes halogenated alkanes) is 1. The summed E-state index contributed by atoms with van der Waals surface area (Å²) in [5.74, 6) is -1.67. The topological polar surface area (TPSA) is 66.4 Å². The molecule has 0 aliphatic heterocycles. The van der Waals surface area contributed by atoms with E-state index in [0.717, 1.165) is 0 Å². The number of carboxylic acid groups (broad SMARTS) is 1. The number of rotatable bonds is 7. The van der Waals surface area contributed by atoms with Gasteiger partial charge in [-0.25, -0.2) is 0 Å². The second-order valence-corrected chi connectivity index (χ2v) is 6.03. The van der Waals surface area contributed by atoms with Crippen LogP contribution in [0.5, 0.6) is 0 Å². The predicted octanol–water partition coefficient (Wildman–Crippen LogP) is 3.11. The normalized spacial score (nSPS) is 13.9. The van der Waals surface area contributed by atoms with Crippen molar-refractivity contribution in [2.24, 2.45) is 5.41 Å². The number of amides is 1. The third-order valence-electron chi connectivity index (χ3n) is 2.59. The molecule has 0 fully saturated rings.